The third-order valence-corrected chi connectivity index (χ3v) is 4.45. The Bertz CT molecular complexity index is 618. The van der Waals surface area contributed by atoms with Crippen LogP contribution >= 0.6 is 0 Å². The molecule has 1 aromatic rings. The van der Waals surface area contributed by atoms with Crippen molar-refractivity contribution in [1.29, 1.82) is 5.26 Å². The van der Waals surface area contributed by atoms with Gasteiger partial charge in [-0.25, -0.2) is 4.39 Å². The summed E-state index contributed by atoms with van der Waals surface area (Å²) in [4.78, 5) is 10.9. The zero-order chi connectivity index (χ0) is 17.6. The van der Waals surface area contributed by atoms with E-state index in [-0.39, 0.29) is 12.8 Å². The number of hydrogen-bond acceptors (Lipinski definition) is 4. The van der Waals surface area contributed by atoms with Crippen LogP contribution in [0.5, 0.6) is 0 Å². The lowest BCUT2D eigenvalue weighted by Gasteiger charge is -2.19. The van der Waals surface area contributed by atoms with Gasteiger partial charge in [0.25, 0.3) is 0 Å². The van der Waals surface area contributed by atoms with Gasteiger partial charge >= 0.3 is 5.97 Å². The molecule has 23 heavy (non-hydrogen) atoms. The molecule has 0 amide bonds. The lowest BCUT2D eigenvalue weighted by atomic mass is 9.99. The van der Waals surface area contributed by atoms with Crippen molar-refractivity contribution in [3.8, 4) is 6.07 Å². The average molecular weight is 338 g/mol. The van der Waals surface area contributed by atoms with Crippen LogP contribution in [0.1, 0.15) is 39.2 Å². The van der Waals surface area contributed by atoms with Crippen LogP contribution in [0, 0.1) is 23.1 Å². The number of halogens is 1. The summed E-state index contributed by atoms with van der Waals surface area (Å²) in [6, 6.07) is 7.21. The molecule has 0 saturated carbocycles. The Morgan fingerprint density at radius 2 is 2.00 bits per heavy atom. The van der Waals surface area contributed by atoms with Gasteiger partial charge in [0.05, 0.1) is 11.8 Å². The van der Waals surface area contributed by atoms with E-state index in [1.165, 1.54) is 24.3 Å². The van der Waals surface area contributed by atoms with Crippen molar-refractivity contribution >= 4 is 23.0 Å². The minimum absolute atomic E-state index is 0.0450. The topological polar surface area (TPSA) is 96.5 Å². The fourth-order valence-electron chi connectivity index (χ4n) is 1.65. The van der Waals surface area contributed by atoms with Crippen LogP contribution in [-0.4, -0.2) is 26.1 Å². The molecule has 0 bridgehead atoms. The molecule has 2 atom stereocenters. The highest BCUT2D eigenvalue weighted by Crippen LogP contribution is 2.21. The summed E-state index contributed by atoms with van der Waals surface area (Å²) in [7, 11) is 0. The Hall–Kier alpha value is -1.91. The minimum Gasteiger partial charge on any atom is -0.591 e. The van der Waals surface area contributed by atoms with Gasteiger partial charge in [-0.1, -0.05) is 16.5 Å². The predicted molar refractivity (Wildman–Crippen MR) is 86.8 cm³/mol. The van der Waals surface area contributed by atoms with Crippen LogP contribution in [0.25, 0.3) is 0 Å². The maximum Gasteiger partial charge on any atom is 0.320 e. The molecular formula is C16H19FN2O3S. The maximum atomic E-state index is 13.1. The SMILES string of the molecule is CC(C)(C)[S+]([O-])/N=C(\CCC(C#N)C(=O)O)c1ccc(F)cc1. The fraction of sp³-hybridized carbons (Fsp3) is 0.438. The van der Waals surface area contributed by atoms with Crippen molar-refractivity contribution in [3.05, 3.63) is 35.6 Å². The van der Waals surface area contributed by atoms with Crippen LogP contribution in [0.15, 0.2) is 28.7 Å². The molecule has 1 aromatic carbocycles. The Kier molecular flexibility index (Phi) is 6.73. The molecule has 0 aromatic heterocycles. The van der Waals surface area contributed by atoms with Gasteiger partial charge in [0.15, 0.2) is 0 Å². The van der Waals surface area contributed by atoms with Crippen molar-refractivity contribution in [2.45, 2.75) is 38.4 Å². The molecule has 1 rings (SSSR count). The Morgan fingerprint density at radius 1 is 1.43 bits per heavy atom. The summed E-state index contributed by atoms with van der Waals surface area (Å²) < 4.78 is 28.9. The number of benzene rings is 1. The van der Waals surface area contributed by atoms with Crippen molar-refractivity contribution in [2.24, 2.45) is 10.3 Å². The van der Waals surface area contributed by atoms with E-state index in [0.717, 1.165) is 0 Å². The second kappa shape index (κ2) is 8.09. The van der Waals surface area contributed by atoms with E-state index in [9.17, 15) is 13.7 Å². The summed E-state index contributed by atoms with van der Waals surface area (Å²) in [5, 5.41) is 17.8. The molecule has 2 unspecified atom stereocenters. The highest BCUT2D eigenvalue weighted by atomic mass is 32.2. The number of carboxylic acid groups (broad SMARTS) is 1. The highest BCUT2D eigenvalue weighted by Gasteiger charge is 2.28. The fourth-order valence-corrected chi connectivity index (χ4v) is 2.32. The number of carboxylic acids is 1. The summed E-state index contributed by atoms with van der Waals surface area (Å²) in [5.41, 5.74) is 0.964. The summed E-state index contributed by atoms with van der Waals surface area (Å²) >= 11 is -1.54. The van der Waals surface area contributed by atoms with Gasteiger partial charge in [0.1, 0.15) is 27.8 Å². The van der Waals surface area contributed by atoms with Gasteiger partial charge < -0.3 is 9.66 Å². The van der Waals surface area contributed by atoms with E-state index < -0.39 is 33.8 Å². The van der Waals surface area contributed by atoms with Gasteiger partial charge in [0, 0.05) is 5.56 Å². The summed E-state index contributed by atoms with van der Waals surface area (Å²) in [5.74, 6) is -2.78. The molecule has 0 aliphatic rings. The van der Waals surface area contributed by atoms with E-state index in [4.69, 9.17) is 10.4 Å². The zero-order valence-corrected chi connectivity index (χ0v) is 14.1. The van der Waals surface area contributed by atoms with Gasteiger partial charge in [-0.15, -0.1) is 0 Å². The second-order valence-corrected chi connectivity index (χ2v) is 7.87. The number of rotatable bonds is 6. The predicted octanol–water partition coefficient (Wildman–Crippen LogP) is 3.08. The third-order valence-electron chi connectivity index (χ3n) is 3.02. The van der Waals surface area contributed by atoms with Gasteiger partial charge in [-0.05, 0) is 45.7 Å². The maximum absolute atomic E-state index is 13.1. The minimum atomic E-state index is -1.54. The van der Waals surface area contributed by atoms with Gasteiger partial charge in [0.2, 0.25) is 0 Å². The highest BCUT2D eigenvalue weighted by molar-refractivity contribution is 7.91. The molecule has 0 aliphatic carbocycles. The molecule has 0 aliphatic heterocycles. The van der Waals surface area contributed by atoms with E-state index >= 15 is 0 Å². The zero-order valence-electron chi connectivity index (χ0n) is 13.2. The molecule has 0 spiro atoms. The molecule has 0 radical (unpaired) electrons. The van der Waals surface area contributed by atoms with Crippen LogP contribution in [-0.2, 0) is 16.2 Å². The Labute approximate surface area is 138 Å². The Morgan fingerprint density at radius 3 is 2.43 bits per heavy atom. The first-order chi connectivity index (χ1) is 10.6. The van der Waals surface area contributed by atoms with Crippen LogP contribution in [0.3, 0.4) is 0 Å². The second-order valence-electron chi connectivity index (χ2n) is 5.97. The third kappa shape index (κ3) is 6.00. The van der Waals surface area contributed by atoms with Gasteiger partial charge in [-0.3, -0.25) is 4.79 Å². The van der Waals surface area contributed by atoms with Crippen LogP contribution in [0.4, 0.5) is 4.39 Å². The molecule has 7 heteroatoms. The summed E-state index contributed by atoms with van der Waals surface area (Å²) in [6.07, 6.45) is 0.210. The lowest BCUT2D eigenvalue weighted by molar-refractivity contribution is -0.139. The summed E-state index contributed by atoms with van der Waals surface area (Å²) in [6.45, 7) is 5.30. The lowest BCUT2D eigenvalue weighted by Crippen LogP contribution is -2.27. The quantitative estimate of drug-likeness (QED) is 0.637. The van der Waals surface area contributed by atoms with Gasteiger partial charge in [-0.2, -0.15) is 5.26 Å². The average Bonchev–Trinajstić information content (AvgIpc) is 2.46. The normalized spacial score (nSPS) is 14.9. The number of hydrogen-bond donors (Lipinski definition) is 1. The molecule has 0 saturated heterocycles. The van der Waals surface area contributed by atoms with Crippen molar-refractivity contribution in [2.75, 3.05) is 0 Å². The Balaban J connectivity index is 3.07. The number of aliphatic carboxylic acids is 1. The van der Waals surface area contributed by atoms with E-state index in [1.54, 1.807) is 26.8 Å². The number of nitriles is 1. The molecular weight excluding hydrogens is 319 g/mol. The first kappa shape index (κ1) is 19.1. The molecule has 124 valence electrons. The van der Waals surface area contributed by atoms with Crippen LogP contribution < -0.4 is 0 Å². The van der Waals surface area contributed by atoms with Crippen LogP contribution in [0.2, 0.25) is 0 Å². The largest absolute Gasteiger partial charge is 0.591 e. The first-order valence-electron chi connectivity index (χ1n) is 7.03. The molecule has 1 N–H and O–H groups in total. The van der Waals surface area contributed by atoms with E-state index in [2.05, 4.69) is 4.40 Å². The smallest absolute Gasteiger partial charge is 0.320 e. The number of nitrogens with zero attached hydrogens (tertiary/aromatic N) is 2. The van der Waals surface area contributed by atoms with E-state index in [1.807, 2.05) is 0 Å². The molecule has 5 nitrogen and oxygen atoms in total. The first-order valence-corrected chi connectivity index (χ1v) is 8.13. The standard InChI is InChI=1S/C16H19FN2O3S/c1-16(2,3)23(22)19-14(9-6-12(10-18)15(20)21)11-4-7-13(17)8-5-11/h4-5,7-8,12H,6,9H2,1-3H3,(H,20,21)/b19-14+. The monoisotopic (exact) mass is 338 g/mol. The van der Waals surface area contributed by atoms with E-state index in [0.29, 0.717) is 11.3 Å². The van der Waals surface area contributed by atoms with Crippen molar-refractivity contribution in [1.82, 2.24) is 0 Å². The number of carbonyl (C=O) groups is 1. The molecule has 0 heterocycles. The van der Waals surface area contributed by atoms with Crippen molar-refractivity contribution in [3.63, 3.8) is 0 Å². The van der Waals surface area contributed by atoms with Crippen molar-refractivity contribution < 1.29 is 18.8 Å². The molecule has 0 fully saturated rings.